The number of amides is 1. The van der Waals surface area contributed by atoms with Gasteiger partial charge in [-0.05, 0) is 63.1 Å². The van der Waals surface area contributed by atoms with Gasteiger partial charge in [0.2, 0.25) is 0 Å². The highest BCUT2D eigenvalue weighted by atomic mass is 16.5. The van der Waals surface area contributed by atoms with Crippen molar-refractivity contribution >= 4 is 5.91 Å². The zero-order valence-electron chi connectivity index (χ0n) is 18.9. The van der Waals surface area contributed by atoms with E-state index in [4.69, 9.17) is 9.47 Å². The molecule has 33 heavy (non-hydrogen) atoms. The number of hydrogen-bond acceptors (Lipinski definition) is 6. The summed E-state index contributed by atoms with van der Waals surface area (Å²) in [5.74, 6) is 2.07. The molecule has 0 bridgehead atoms. The van der Waals surface area contributed by atoms with Gasteiger partial charge in [0, 0.05) is 31.3 Å². The molecule has 1 aliphatic heterocycles. The first-order valence-corrected chi connectivity index (χ1v) is 11.2. The Morgan fingerprint density at radius 1 is 1.12 bits per heavy atom. The number of ether oxygens (including phenoxy) is 2. The fourth-order valence-electron chi connectivity index (χ4n) is 3.98. The molecule has 4 rings (SSSR count). The van der Waals surface area contributed by atoms with Gasteiger partial charge in [-0.25, -0.2) is 4.98 Å². The van der Waals surface area contributed by atoms with Crippen molar-refractivity contribution in [2.75, 3.05) is 19.7 Å². The summed E-state index contributed by atoms with van der Waals surface area (Å²) in [6.45, 7) is 5.46. The number of carbonyl (C=O) groups is 1. The average molecular weight is 449 g/mol. The molecule has 0 aliphatic carbocycles. The number of piperidine rings is 1. The number of likely N-dealkylation sites (tertiary alicyclic amines) is 1. The molecule has 1 aromatic carbocycles. The van der Waals surface area contributed by atoms with E-state index in [1.54, 1.807) is 25.3 Å². The average Bonchev–Trinajstić information content (AvgIpc) is 2.85. The molecule has 3 aromatic rings. The zero-order chi connectivity index (χ0) is 23.2. The van der Waals surface area contributed by atoms with E-state index in [0.717, 1.165) is 18.6 Å². The van der Waals surface area contributed by atoms with Gasteiger partial charge in [0.05, 0.1) is 18.0 Å². The summed E-state index contributed by atoms with van der Waals surface area (Å²) < 4.78 is 11.3. The smallest absolute Gasteiger partial charge is 0.263 e. The molecular formula is C25H28N4O4. The molecule has 8 heteroatoms. The van der Waals surface area contributed by atoms with Crippen LogP contribution in [-0.4, -0.2) is 51.6 Å². The highest BCUT2D eigenvalue weighted by molar-refractivity contribution is 5.81. The first kappa shape index (κ1) is 22.5. The molecule has 0 saturated carbocycles. The molecule has 0 radical (unpaired) electrons. The Bertz CT molecular complexity index is 1120. The molecule has 1 aliphatic rings. The maximum Gasteiger partial charge on any atom is 0.263 e. The Kier molecular flexibility index (Phi) is 7.02. The van der Waals surface area contributed by atoms with Gasteiger partial charge in [-0.15, -0.1) is 0 Å². The van der Waals surface area contributed by atoms with E-state index >= 15 is 0 Å². The summed E-state index contributed by atoms with van der Waals surface area (Å²) in [6.07, 6.45) is 2.52. The molecule has 172 valence electrons. The van der Waals surface area contributed by atoms with Crippen LogP contribution in [0.2, 0.25) is 0 Å². The Morgan fingerprint density at radius 3 is 2.52 bits per heavy atom. The number of carbonyl (C=O) groups excluding carboxylic acids is 1. The van der Waals surface area contributed by atoms with Crippen molar-refractivity contribution in [3.63, 3.8) is 0 Å². The third-order valence-corrected chi connectivity index (χ3v) is 5.68. The maximum absolute atomic E-state index is 12.9. The van der Waals surface area contributed by atoms with E-state index in [0.29, 0.717) is 42.7 Å². The second-order valence-electron chi connectivity index (χ2n) is 7.99. The van der Waals surface area contributed by atoms with Crippen LogP contribution >= 0.6 is 0 Å². The van der Waals surface area contributed by atoms with E-state index < -0.39 is 6.10 Å². The second-order valence-corrected chi connectivity index (χ2v) is 7.99. The van der Waals surface area contributed by atoms with Crippen molar-refractivity contribution in [3.05, 3.63) is 70.9 Å². The van der Waals surface area contributed by atoms with Crippen LogP contribution < -0.4 is 15.0 Å². The monoisotopic (exact) mass is 448 g/mol. The van der Waals surface area contributed by atoms with E-state index in [1.165, 1.54) is 6.07 Å². The van der Waals surface area contributed by atoms with E-state index in [9.17, 15) is 9.59 Å². The minimum absolute atomic E-state index is 0.0500. The van der Waals surface area contributed by atoms with Gasteiger partial charge in [0.25, 0.3) is 11.5 Å². The highest BCUT2D eigenvalue weighted by Gasteiger charge is 2.29. The van der Waals surface area contributed by atoms with Gasteiger partial charge in [0.15, 0.2) is 6.10 Å². The predicted molar refractivity (Wildman–Crippen MR) is 124 cm³/mol. The van der Waals surface area contributed by atoms with Gasteiger partial charge in [-0.3, -0.25) is 14.6 Å². The molecule has 1 atom stereocenters. The molecule has 3 heterocycles. The minimum Gasteiger partial charge on any atom is -0.494 e. The number of aromatic amines is 1. The third-order valence-electron chi connectivity index (χ3n) is 5.68. The molecule has 1 unspecified atom stereocenters. The molecule has 1 fully saturated rings. The number of nitrogens with one attached hydrogen (secondary N) is 1. The van der Waals surface area contributed by atoms with Crippen LogP contribution in [0.3, 0.4) is 0 Å². The summed E-state index contributed by atoms with van der Waals surface area (Å²) in [5.41, 5.74) is 1.03. The largest absolute Gasteiger partial charge is 0.494 e. The molecule has 8 nitrogen and oxygen atoms in total. The standard InChI is InChI=1S/C25H28N4O4/c1-3-32-19-7-9-20(10-8-19)33-17(2)25(31)29-14-11-18(12-15-29)24-27-22(16-23(30)28-24)21-6-4-5-13-26-21/h4-10,13,16-18H,3,11-12,14-15H2,1-2H3,(H,27,28,30). The van der Waals surface area contributed by atoms with Gasteiger partial charge < -0.3 is 19.4 Å². The highest BCUT2D eigenvalue weighted by Crippen LogP contribution is 2.27. The van der Waals surface area contributed by atoms with Gasteiger partial charge >= 0.3 is 0 Å². The summed E-state index contributed by atoms with van der Waals surface area (Å²) in [7, 11) is 0. The summed E-state index contributed by atoms with van der Waals surface area (Å²) >= 11 is 0. The Balaban J connectivity index is 1.36. The number of aromatic nitrogens is 3. The van der Waals surface area contributed by atoms with Crippen molar-refractivity contribution < 1.29 is 14.3 Å². The lowest BCUT2D eigenvalue weighted by Crippen LogP contribution is -2.44. The topological polar surface area (TPSA) is 97.4 Å². The summed E-state index contributed by atoms with van der Waals surface area (Å²) in [5, 5.41) is 0. The number of pyridine rings is 1. The molecule has 1 saturated heterocycles. The fourth-order valence-corrected chi connectivity index (χ4v) is 3.98. The zero-order valence-corrected chi connectivity index (χ0v) is 18.9. The number of nitrogens with zero attached hydrogens (tertiary/aromatic N) is 3. The first-order valence-electron chi connectivity index (χ1n) is 11.2. The van der Waals surface area contributed by atoms with E-state index in [1.807, 2.05) is 42.2 Å². The Hall–Kier alpha value is -3.68. The molecular weight excluding hydrogens is 420 g/mol. The SMILES string of the molecule is CCOc1ccc(OC(C)C(=O)N2CCC(c3nc(-c4ccccn4)cc(=O)[nH]3)CC2)cc1. The Labute approximate surface area is 192 Å². The number of hydrogen-bond donors (Lipinski definition) is 1. The second kappa shape index (κ2) is 10.3. The van der Waals surface area contributed by atoms with Crippen LogP contribution in [0, 0.1) is 0 Å². The van der Waals surface area contributed by atoms with E-state index in [-0.39, 0.29) is 17.4 Å². The minimum atomic E-state index is -0.593. The summed E-state index contributed by atoms with van der Waals surface area (Å²) in [6, 6.07) is 14.2. The van der Waals surface area contributed by atoms with Crippen molar-refractivity contribution in [2.45, 2.75) is 38.7 Å². The van der Waals surface area contributed by atoms with Crippen LogP contribution in [-0.2, 0) is 4.79 Å². The van der Waals surface area contributed by atoms with Crippen molar-refractivity contribution in [1.82, 2.24) is 19.9 Å². The lowest BCUT2D eigenvalue weighted by Gasteiger charge is -2.33. The van der Waals surface area contributed by atoms with Gasteiger partial charge in [-0.1, -0.05) is 6.07 Å². The number of rotatable bonds is 7. The number of H-pyrrole nitrogens is 1. The fraction of sp³-hybridized carbons (Fsp3) is 0.360. The van der Waals surface area contributed by atoms with Crippen LogP contribution in [0.5, 0.6) is 11.5 Å². The van der Waals surface area contributed by atoms with Crippen LogP contribution in [0.4, 0.5) is 0 Å². The normalized spacial score (nSPS) is 15.2. The van der Waals surface area contributed by atoms with Crippen LogP contribution in [0.25, 0.3) is 11.4 Å². The van der Waals surface area contributed by atoms with Crippen LogP contribution in [0.15, 0.2) is 59.5 Å². The lowest BCUT2D eigenvalue weighted by atomic mass is 9.95. The first-order chi connectivity index (χ1) is 16.0. The van der Waals surface area contributed by atoms with Gasteiger partial charge in [-0.2, -0.15) is 0 Å². The van der Waals surface area contributed by atoms with Gasteiger partial charge in [0.1, 0.15) is 17.3 Å². The molecule has 0 spiro atoms. The van der Waals surface area contributed by atoms with E-state index in [2.05, 4.69) is 15.0 Å². The molecule has 1 amide bonds. The third kappa shape index (κ3) is 5.58. The Morgan fingerprint density at radius 2 is 1.85 bits per heavy atom. The van der Waals surface area contributed by atoms with Crippen molar-refractivity contribution in [1.29, 1.82) is 0 Å². The molecule has 1 N–H and O–H groups in total. The quantitative estimate of drug-likeness (QED) is 0.595. The van der Waals surface area contributed by atoms with Crippen molar-refractivity contribution in [3.8, 4) is 22.9 Å². The predicted octanol–water partition coefficient (Wildman–Crippen LogP) is 3.40. The lowest BCUT2D eigenvalue weighted by molar-refractivity contribution is -0.139. The summed E-state index contributed by atoms with van der Waals surface area (Å²) in [4.78, 5) is 38.7. The number of benzene rings is 1. The van der Waals surface area contributed by atoms with Crippen molar-refractivity contribution in [2.24, 2.45) is 0 Å². The molecule has 2 aromatic heterocycles. The van der Waals surface area contributed by atoms with Crippen LogP contribution in [0.1, 0.15) is 38.4 Å². The maximum atomic E-state index is 12.9.